The van der Waals surface area contributed by atoms with E-state index in [4.69, 9.17) is 9.84 Å². The van der Waals surface area contributed by atoms with E-state index in [9.17, 15) is 14.4 Å². The van der Waals surface area contributed by atoms with E-state index in [0.29, 0.717) is 0 Å². The van der Waals surface area contributed by atoms with Gasteiger partial charge in [-0.2, -0.15) is 0 Å². The summed E-state index contributed by atoms with van der Waals surface area (Å²) in [6.45, 7) is 5.02. The summed E-state index contributed by atoms with van der Waals surface area (Å²) in [5, 5.41) is 11.2. The van der Waals surface area contributed by atoms with Gasteiger partial charge in [0.25, 0.3) is 0 Å². The second-order valence-electron chi connectivity index (χ2n) is 4.91. The van der Waals surface area contributed by atoms with Gasteiger partial charge in [-0.1, -0.05) is 0 Å². The number of carbonyl (C=O) groups is 3. The predicted octanol–water partition coefficient (Wildman–Crippen LogP) is 0.697. The molecule has 0 aromatic rings. The van der Waals surface area contributed by atoms with Crippen LogP contribution in [-0.2, 0) is 14.3 Å². The Morgan fingerprint density at radius 3 is 2.19 bits per heavy atom. The molecule has 1 fully saturated rings. The molecule has 16 heavy (non-hydrogen) atoms. The molecule has 1 amide bonds. The number of aliphatic carboxylic acids is 1. The van der Waals surface area contributed by atoms with Crippen molar-refractivity contribution in [3.05, 3.63) is 0 Å². The van der Waals surface area contributed by atoms with Gasteiger partial charge in [0.05, 0.1) is 0 Å². The van der Waals surface area contributed by atoms with Gasteiger partial charge in [-0.3, -0.25) is 4.79 Å². The number of carboxylic acids is 1. The molecule has 0 unspecified atom stereocenters. The van der Waals surface area contributed by atoms with Crippen molar-refractivity contribution in [2.45, 2.75) is 44.8 Å². The fraction of sp³-hybridized carbons (Fsp3) is 0.700. The summed E-state index contributed by atoms with van der Waals surface area (Å²) >= 11 is 0. The highest BCUT2D eigenvalue weighted by atomic mass is 16.6. The summed E-state index contributed by atoms with van der Waals surface area (Å²) in [6.07, 6.45) is -1.18. The van der Waals surface area contributed by atoms with Crippen LogP contribution in [0.4, 0.5) is 4.79 Å². The summed E-state index contributed by atoms with van der Waals surface area (Å²) in [5.74, 6) is -1.39. The van der Waals surface area contributed by atoms with Crippen molar-refractivity contribution in [3.8, 4) is 0 Å². The second-order valence-corrected chi connectivity index (χ2v) is 4.91. The lowest BCUT2D eigenvalue weighted by Crippen LogP contribution is -2.63. The van der Waals surface area contributed by atoms with E-state index in [0.717, 1.165) is 0 Å². The lowest BCUT2D eigenvalue weighted by molar-refractivity contribution is -0.154. The van der Waals surface area contributed by atoms with E-state index in [1.807, 2.05) is 0 Å². The zero-order chi connectivity index (χ0) is 12.6. The molecular formula is C10H15NO5. The van der Waals surface area contributed by atoms with Crippen molar-refractivity contribution < 1.29 is 24.2 Å². The van der Waals surface area contributed by atoms with Crippen molar-refractivity contribution in [3.63, 3.8) is 0 Å². The van der Waals surface area contributed by atoms with Crippen LogP contribution in [0.1, 0.15) is 33.6 Å². The molecule has 1 aliphatic carbocycles. The number of rotatable bonds is 2. The zero-order valence-electron chi connectivity index (χ0n) is 9.49. The molecule has 0 radical (unpaired) electrons. The summed E-state index contributed by atoms with van der Waals surface area (Å²) in [7, 11) is 0. The molecule has 0 saturated heterocycles. The normalized spacial score (nSPS) is 18.6. The second kappa shape index (κ2) is 3.77. The molecule has 0 atom stereocenters. The number of nitrogens with one attached hydrogen (secondary N) is 1. The first-order valence-corrected chi connectivity index (χ1v) is 4.91. The van der Waals surface area contributed by atoms with E-state index in [1.54, 1.807) is 20.8 Å². The summed E-state index contributed by atoms with van der Waals surface area (Å²) in [6, 6.07) is 0. The maximum Gasteiger partial charge on any atom is 0.408 e. The van der Waals surface area contributed by atoms with Crippen LogP contribution in [0.15, 0.2) is 0 Å². The number of carboxylic acid groups (broad SMARTS) is 1. The first kappa shape index (κ1) is 12.5. The molecule has 6 nitrogen and oxygen atoms in total. The van der Waals surface area contributed by atoms with Crippen LogP contribution in [-0.4, -0.2) is 34.1 Å². The minimum atomic E-state index is -1.47. The Balaban J connectivity index is 2.61. The molecule has 1 aliphatic rings. The van der Waals surface area contributed by atoms with Crippen LogP contribution in [0, 0.1) is 0 Å². The maximum atomic E-state index is 11.4. The van der Waals surface area contributed by atoms with Crippen LogP contribution in [0.5, 0.6) is 0 Å². The van der Waals surface area contributed by atoms with Crippen molar-refractivity contribution in [2.24, 2.45) is 0 Å². The van der Waals surface area contributed by atoms with Gasteiger partial charge < -0.3 is 15.2 Å². The van der Waals surface area contributed by atoms with E-state index >= 15 is 0 Å². The van der Waals surface area contributed by atoms with Gasteiger partial charge in [-0.15, -0.1) is 0 Å². The van der Waals surface area contributed by atoms with Crippen molar-refractivity contribution in [1.82, 2.24) is 5.32 Å². The van der Waals surface area contributed by atoms with Crippen molar-refractivity contribution >= 4 is 17.8 Å². The number of ether oxygens (including phenoxy) is 1. The standard InChI is InChI=1S/C10H15NO5/c1-9(2,3)16-8(15)11-10(7(13)14)4-6(12)5-10/h4-5H2,1-3H3,(H,11,15)(H,13,14). The SMILES string of the molecule is CC(C)(C)OC(=O)NC1(C(=O)O)CC(=O)C1. The number of ketones is 1. The number of hydrogen-bond acceptors (Lipinski definition) is 4. The summed E-state index contributed by atoms with van der Waals surface area (Å²) < 4.78 is 4.93. The topological polar surface area (TPSA) is 92.7 Å². The zero-order valence-corrected chi connectivity index (χ0v) is 9.49. The first-order chi connectivity index (χ1) is 7.15. The Bertz CT molecular complexity index is 334. The molecule has 1 saturated carbocycles. The Morgan fingerprint density at radius 2 is 1.88 bits per heavy atom. The van der Waals surface area contributed by atoms with Crippen molar-refractivity contribution in [1.29, 1.82) is 0 Å². The number of Topliss-reactive ketones (excluding diaryl/α,β-unsaturated/α-hetero) is 1. The molecule has 0 aromatic carbocycles. The predicted molar refractivity (Wildman–Crippen MR) is 54.0 cm³/mol. The van der Waals surface area contributed by atoms with Crippen LogP contribution in [0.2, 0.25) is 0 Å². The van der Waals surface area contributed by atoms with Gasteiger partial charge in [0.15, 0.2) is 5.54 Å². The smallest absolute Gasteiger partial charge is 0.408 e. The molecule has 0 aromatic heterocycles. The minimum Gasteiger partial charge on any atom is -0.479 e. The Morgan fingerprint density at radius 1 is 1.38 bits per heavy atom. The Hall–Kier alpha value is -1.59. The third kappa shape index (κ3) is 2.71. The van der Waals surface area contributed by atoms with Gasteiger partial charge >= 0.3 is 12.1 Å². The highest BCUT2D eigenvalue weighted by Crippen LogP contribution is 2.29. The van der Waals surface area contributed by atoms with Gasteiger partial charge in [0.1, 0.15) is 11.4 Å². The van der Waals surface area contributed by atoms with E-state index < -0.39 is 23.2 Å². The average Bonchev–Trinajstić information content (AvgIpc) is 1.96. The van der Waals surface area contributed by atoms with Crippen LogP contribution in [0.25, 0.3) is 0 Å². The molecule has 2 N–H and O–H groups in total. The molecule has 90 valence electrons. The summed E-state index contributed by atoms with van der Waals surface area (Å²) in [5.41, 5.74) is -2.17. The molecule has 0 aliphatic heterocycles. The molecular weight excluding hydrogens is 214 g/mol. The number of carbonyl (C=O) groups excluding carboxylic acids is 2. The molecule has 1 rings (SSSR count). The number of amides is 1. The third-order valence-corrected chi connectivity index (χ3v) is 2.15. The quantitative estimate of drug-likeness (QED) is 0.727. The minimum absolute atomic E-state index is 0.179. The Kier molecular flexibility index (Phi) is 2.94. The van der Waals surface area contributed by atoms with E-state index in [1.165, 1.54) is 0 Å². The van der Waals surface area contributed by atoms with Gasteiger partial charge in [0, 0.05) is 12.8 Å². The van der Waals surface area contributed by atoms with Crippen LogP contribution >= 0.6 is 0 Å². The fourth-order valence-electron chi connectivity index (χ4n) is 1.41. The highest BCUT2D eigenvalue weighted by molar-refractivity contribution is 6.02. The van der Waals surface area contributed by atoms with Gasteiger partial charge in [-0.25, -0.2) is 9.59 Å². The Labute approximate surface area is 93.0 Å². The molecule has 0 bridgehead atoms. The van der Waals surface area contributed by atoms with Crippen LogP contribution < -0.4 is 5.32 Å². The van der Waals surface area contributed by atoms with Gasteiger partial charge in [0.2, 0.25) is 0 Å². The highest BCUT2D eigenvalue weighted by Gasteiger charge is 2.52. The third-order valence-electron chi connectivity index (χ3n) is 2.15. The van der Waals surface area contributed by atoms with Gasteiger partial charge in [-0.05, 0) is 20.8 Å². The molecule has 0 heterocycles. The largest absolute Gasteiger partial charge is 0.479 e. The molecule has 0 spiro atoms. The fourth-order valence-corrected chi connectivity index (χ4v) is 1.41. The van der Waals surface area contributed by atoms with Crippen LogP contribution in [0.3, 0.4) is 0 Å². The average molecular weight is 229 g/mol. The van der Waals surface area contributed by atoms with E-state index in [2.05, 4.69) is 5.32 Å². The molecule has 6 heteroatoms. The maximum absolute atomic E-state index is 11.4. The lowest BCUT2D eigenvalue weighted by Gasteiger charge is -2.37. The summed E-state index contributed by atoms with van der Waals surface area (Å²) in [4.78, 5) is 33.1. The number of hydrogen-bond donors (Lipinski definition) is 2. The number of alkyl carbamates (subject to hydrolysis) is 1. The van der Waals surface area contributed by atoms with E-state index in [-0.39, 0.29) is 18.6 Å². The van der Waals surface area contributed by atoms with Crippen molar-refractivity contribution in [2.75, 3.05) is 0 Å². The monoisotopic (exact) mass is 229 g/mol. The first-order valence-electron chi connectivity index (χ1n) is 4.91. The lowest BCUT2D eigenvalue weighted by atomic mass is 9.76.